The Morgan fingerprint density at radius 2 is 1.97 bits per heavy atom. The third kappa shape index (κ3) is 5.00. The van der Waals surface area contributed by atoms with Gasteiger partial charge in [-0.05, 0) is 42.3 Å². The monoisotopic (exact) mass is 413 g/mol. The molecule has 8 heteroatoms. The summed E-state index contributed by atoms with van der Waals surface area (Å²) >= 11 is 0. The van der Waals surface area contributed by atoms with Gasteiger partial charge in [-0.25, -0.2) is 0 Å². The quantitative estimate of drug-likeness (QED) is 0.690. The standard InChI is InChI=1S/C22H27N3O5/c1-14(2)20(22(28)23-12-18-5-4-10-30-18)24-21(27)15-11-19(26)25(13-15)16-6-8-17(29-3)9-7-16/h4-10,14-15,20H,11-13H2,1-3H3,(H,23,28)(H,24,27). The van der Waals surface area contributed by atoms with Crippen molar-refractivity contribution in [2.24, 2.45) is 11.8 Å². The van der Waals surface area contributed by atoms with Gasteiger partial charge in [-0.2, -0.15) is 0 Å². The number of nitrogens with zero attached hydrogens (tertiary/aromatic N) is 1. The van der Waals surface area contributed by atoms with E-state index < -0.39 is 12.0 Å². The number of nitrogens with one attached hydrogen (secondary N) is 2. The van der Waals surface area contributed by atoms with Crippen molar-refractivity contribution in [2.45, 2.75) is 32.9 Å². The molecule has 2 atom stereocenters. The number of benzene rings is 1. The van der Waals surface area contributed by atoms with Crippen molar-refractivity contribution in [2.75, 3.05) is 18.6 Å². The van der Waals surface area contributed by atoms with Crippen molar-refractivity contribution in [3.63, 3.8) is 0 Å². The summed E-state index contributed by atoms with van der Waals surface area (Å²) in [6.07, 6.45) is 1.64. The van der Waals surface area contributed by atoms with E-state index in [0.29, 0.717) is 17.2 Å². The van der Waals surface area contributed by atoms with Crippen LogP contribution in [-0.2, 0) is 20.9 Å². The third-order valence-corrected chi connectivity index (χ3v) is 5.14. The van der Waals surface area contributed by atoms with Crippen LogP contribution in [0.4, 0.5) is 5.69 Å². The van der Waals surface area contributed by atoms with E-state index in [2.05, 4.69) is 10.6 Å². The minimum absolute atomic E-state index is 0.108. The topological polar surface area (TPSA) is 101 Å². The summed E-state index contributed by atoms with van der Waals surface area (Å²) in [5, 5.41) is 5.60. The van der Waals surface area contributed by atoms with Crippen LogP contribution in [0.1, 0.15) is 26.0 Å². The molecule has 1 fully saturated rings. The highest BCUT2D eigenvalue weighted by Crippen LogP contribution is 2.27. The maximum absolute atomic E-state index is 12.8. The molecule has 3 rings (SSSR count). The maximum Gasteiger partial charge on any atom is 0.243 e. The first kappa shape index (κ1) is 21.4. The number of hydrogen-bond donors (Lipinski definition) is 2. The lowest BCUT2D eigenvalue weighted by Crippen LogP contribution is -2.51. The first-order valence-corrected chi connectivity index (χ1v) is 9.94. The van der Waals surface area contributed by atoms with E-state index in [1.807, 2.05) is 13.8 Å². The molecule has 1 aliphatic rings. The van der Waals surface area contributed by atoms with Gasteiger partial charge in [0.2, 0.25) is 17.7 Å². The number of methoxy groups -OCH3 is 1. The van der Waals surface area contributed by atoms with Crippen molar-refractivity contribution >= 4 is 23.4 Å². The second-order valence-corrected chi connectivity index (χ2v) is 7.63. The van der Waals surface area contributed by atoms with Crippen molar-refractivity contribution in [1.82, 2.24) is 10.6 Å². The van der Waals surface area contributed by atoms with Crippen LogP contribution in [0.3, 0.4) is 0 Å². The van der Waals surface area contributed by atoms with Gasteiger partial charge < -0.3 is 24.7 Å². The predicted molar refractivity (Wildman–Crippen MR) is 111 cm³/mol. The Labute approximate surface area is 175 Å². The van der Waals surface area contributed by atoms with Crippen LogP contribution < -0.4 is 20.3 Å². The normalized spacial score (nSPS) is 17.1. The Kier molecular flexibility index (Phi) is 6.76. The zero-order chi connectivity index (χ0) is 21.7. The second-order valence-electron chi connectivity index (χ2n) is 7.63. The summed E-state index contributed by atoms with van der Waals surface area (Å²) in [6, 6.07) is 9.93. The highest BCUT2D eigenvalue weighted by Gasteiger charge is 2.37. The Hall–Kier alpha value is -3.29. The Balaban J connectivity index is 1.60. The summed E-state index contributed by atoms with van der Waals surface area (Å²) in [4.78, 5) is 39.4. The minimum atomic E-state index is -0.697. The molecule has 1 aromatic heterocycles. The van der Waals surface area contributed by atoms with E-state index in [9.17, 15) is 14.4 Å². The fourth-order valence-corrected chi connectivity index (χ4v) is 3.40. The van der Waals surface area contributed by atoms with Crippen LogP contribution in [-0.4, -0.2) is 37.4 Å². The second kappa shape index (κ2) is 9.47. The Bertz CT molecular complexity index is 877. The van der Waals surface area contributed by atoms with Gasteiger partial charge in [-0.15, -0.1) is 0 Å². The van der Waals surface area contributed by atoms with Crippen molar-refractivity contribution in [3.05, 3.63) is 48.4 Å². The fraction of sp³-hybridized carbons (Fsp3) is 0.409. The number of carbonyl (C=O) groups is 3. The minimum Gasteiger partial charge on any atom is -0.497 e. The Morgan fingerprint density at radius 3 is 2.57 bits per heavy atom. The number of amides is 3. The molecule has 0 bridgehead atoms. The summed E-state index contributed by atoms with van der Waals surface area (Å²) in [5.41, 5.74) is 0.715. The smallest absolute Gasteiger partial charge is 0.243 e. The highest BCUT2D eigenvalue weighted by molar-refractivity contribution is 6.01. The molecule has 1 aliphatic heterocycles. The molecule has 2 unspecified atom stereocenters. The summed E-state index contributed by atoms with van der Waals surface area (Å²) < 4.78 is 10.4. The first-order valence-electron chi connectivity index (χ1n) is 9.94. The predicted octanol–water partition coefficient (Wildman–Crippen LogP) is 2.10. The van der Waals surface area contributed by atoms with Gasteiger partial charge in [-0.3, -0.25) is 14.4 Å². The summed E-state index contributed by atoms with van der Waals surface area (Å²) in [5.74, 6) is -0.00576. The number of ether oxygens (including phenoxy) is 1. The molecule has 0 radical (unpaired) electrons. The molecule has 30 heavy (non-hydrogen) atoms. The average Bonchev–Trinajstić information content (AvgIpc) is 3.39. The van der Waals surface area contributed by atoms with E-state index in [-0.39, 0.29) is 43.1 Å². The molecule has 2 aromatic rings. The zero-order valence-corrected chi connectivity index (χ0v) is 17.4. The van der Waals surface area contributed by atoms with Crippen LogP contribution in [0.2, 0.25) is 0 Å². The number of hydrogen-bond acceptors (Lipinski definition) is 5. The van der Waals surface area contributed by atoms with E-state index in [1.165, 1.54) is 6.26 Å². The number of anilines is 1. The van der Waals surface area contributed by atoms with Gasteiger partial charge in [0.05, 0.1) is 25.8 Å². The molecule has 3 amide bonds. The van der Waals surface area contributed by atoms with Gasteiger partial charge in [0.15, 0.2) is 0 Å². The molecule has 160 valence electrons. The molecule has 1 saturated heterocycles. The molecular formula is C22H27N3O5. The van der Waals surface area contributed by atoms with Crippen molar-refractivity contribution < 1.29 is 23.5 Å². The first-order chi connectivity index (χ1) is 14.4. The molecule has 1 aromatic carbocycles. The fourth-order valence-electron chi connectivity index (χ4n) is 3.40. The molecule has 0 aliphatic carbocycles. The molecule has 8 nitrogen and oxygen atoms in total. The number of carbonyl (C=O) groups excluding carboxylic acids is 3. The zero-order valence-electron chi connectivity index (χ0n) is 17.4. The largest absolute Gasteiger partial charge is 0.497 e. The number of furan rings is 1. The maximum atomic E-state index is 12.8. The molecule has 2 N–H and O–H groups in total. The van der Waals surface area contributed by atoms with Gasteiger partial charge >= 0.3 is 0 Å². The van der Waals surface area contributed by atoms with Gasteiger partial charge in [-0.1, -0.05) is 13.8 Å². The van der Waals surface area contributed by atoms with Crippen molar-refractivity contribution in [3.8, 4) is 5.75 Å². The molecular weight excluding hydrogens is 386 g/mol. The van der Waals surface area contributed by atoms with Gasteiger partial charge in [0.25, 0.3) is 0 Å². The van der Waals surface area contributed by atoms with Crippen LogP contribution >= 0.6 is 0 Å². The Morgan fingerprint density at radius 1 is 1.23 bits per heavy atom. The van der Waals surface area contributed by atoms with E-state index in [1.54, 1.807) is 48.4 Å². The van der Waals surface area contributed by atoms with E-state index >= 15 is 0 Å². The lowest BCUT2D eigenvalue weighted by atomic mass is 10.0. The van der Waals surface area contributed by atoms with Crippen molar-refractivity contribution in [1.29, 1.82) is 0 Å². The number of rotatable bonds is 8. The lowest BCUT2D eigenvalue weighted by Gasteiger charge is -2.23. The van der Waals surface area contributed by atoms with Gasteiger partial charge in [0, 0.05) is 18.7 Å². The summed E-state index contributed by atoms with van der Waals surface area (Å²) in [6.45, 7) is 4.25. The average molecular weight is 413 g/mol. The van der Waals surface area contributed by atoms with Crippen LogP contribution in [0, 0.1) is 11.8 Å². The molecule has 0 spiro atoms. The van der Waals surface area contributed by atoms with Crippen LogP contribution in [0.15, 0.2) is 47.1 Å². The van der Waals surface area contributed by atoms with Gasteiger partial charge in [0.1, 0.15) is 17.6 Å². The summed E-state index contributed by atoms with van der Waals surface area (Å²) in [7, 11) is 1.58. The molecule has 0 saturated carbocycles. The van der Waals surface area contributed by atoms with Crippen LogP contribution in [0.25, 0.3) is 0 Å². The van der Waals surface area contributed by atoms with Crippen LogP contribution in [0.5, 0.6) is 5.75 Å². The van der Waals surface area contributed by atoms with E-state index in [0.717, 1.165) is 0 Å². The third-order valence-electron chi connectivity index (χ3n) is 5.14. The highest BCUT2D eigenvalue weighted by atomic mass is 16.5. The SMILES string of the molecule is COc1ccc(N2CC(C(=O)NC(C(=O)NCc3ccco3)C(C)C)CC2=O)cc1. The molecule has 2 heterocycles. The van der Waals surface area contributed by atoms with E-state index in [4.69, 9.17) is 9.15 Å². The lowest BCUT2D eigenvalue weighted by molar-refractivity contribution is -0.132.